The van der Waals surface area contributed by atoms with Gasteiger partial charge in [-0.3, -0.25) is 9.58 Å². The van der Waals surface area contributed by atoms with Crippen molar-refractivity contribution in [2.45, 2.75) is 38.9 Å². The molecule has 1 N–H and O–H groups in total. The average Bonchev–Trinajstić information content (AvgIpc) is 2.62. The first-order valence-corrected chi connectivity index (χ1v) is 6.08. The van der Waals surface area contributed by atoms with Crippen LogP contribution in [0.15, 0.2) is 12.3 Å². The molecule has 2 rings (SSSR count). The largest absolute Gasteiger partial charge is 0.312 e. The molecule has 0 amide bonds. The van der Waals surface area contributed by atoms with Gasteiger partial charge in [-0.25, -0.2) is 0 Å². The third-order valence-corrected chi connectivity index (χ3v) is 3.54. The third kappa shape index (κ3) is 1.99. The molecule has 1 atom stereocenters. The van der Waals surface area contributed by atoms with Gasteiger partial charge in [-0.2, -0.15) is 5.10 Å². The SMILES string of the molecule is CNC(C)c1ccnn1C1CN(C(C)C)C1. The molecule has 0 radical (unpaired) electrons. The van der Waals surface area contributed by atoms with Crippen molar-refractivity contribution in [3.63, 3.8) is 0 Å². The highest BCUT2D eigenvalue weighted by atomic mass is 15.4. The van der Waals surface area contributed by atoms with Gasteiger partial charge >= 0.3 is 0 Å². The smallest absolute Gasteiger partial charge is 0.0776 e. The van der Waals surface area contributed by atoms with Crippen molar-refractivity contribution in [3.05, 3.63) is 18.0 Å². The van der Waals surface area contributed by atoms with Crippen LogP contribution in [-0.4, -0.2) is 40.9 Å². The van der Waals surface area contributed by atoms with Crippen molar-refractivity contribution >= 4 is 0 Å². The van der Waals surface area contributed by atoms with Crippen molar-refractivity contribution in [1.29, 1.82) is 0 Å². The lowest BCUT2D eigenvalue weighted by atomic mass is 10.1. The molecule has 2 heterocycles. The van der Waals surface area contributed by atoms with Crippen LogP contribution < -0.4 is 5.32 Å². The first kappa shape index (κ1) is 11.6. The second-order valence-corrected chi connectivity index (χ2v) is 4.91. The van der Waals surface area contributed by atoms with Gasteiger partial charge in [0.25, 0.3) is 0 Å². The zero-order chi connectivity index (χ0) is 11.7. The number of hydrogen-bond acceptors (Lipinski definition) is 3. The van der Waals surface area contributed by atoms with Gasteiger partial charge in [-0.1, -0.05) is 0 Å². The number of nitrogens with zero attached hydrogens (tertiary/aromatic N) is 3. The summed E-state index contributed by atoms with van der Waals surface area (Å²) in [4.78, 5) is 2.47. The van der Waals surface area contributed by atoms with Crippen molar-refractivity contribution in [2.24, 2.45) is 0 Å². The summed E-state index contributed by atoms with van der Waals surface area (Å²) in [5, 5.41) is 7.72. The van der Waals surface area contributed by atoms with Gasteiger partial charge in [0.15, 0.2) is 0 Å². The van der Waals surface area contributed by atoms with Gasteiger partial charge in [0.1, 0.15) is 0 Å². The zero-order valence-corrected chi connectivity index (χ0v) is 10.6. The Hall–Kier alpha value is -0.870. The normalized spacial score (nSPS) is 20.1. The number of likely N-dealkylation sites (tertiary alicyclic amines) is 1. The Morgan fingerprint density at radius 1 is 1.38 bits per heavy atom. The Morgan fingerprint density at radius 2 is 2.06 bits per heavy atom. The van der Waals surface area contributed by atoms with E-state index < -0.39 is 0 Å². The fourth-order valence-electron chi connectivity index (χ4n) is 2.18. The van der Waals surface area contributed by atoms with E-state index in [1.807, 2.05) is 13.2 Å². The fourth-order valence-corrected chi connectivity index (χ4v) is 2.18. The van der Waals surface area contributed by atoms with Crippen LogP contribution in [0, 0.1) is 0 Å². The van der Waals surface area contributed by atoms with Gasteiger partial charge in [0.2, 0.25) is 0 Å². The summed E-state index contributed by atoms with van der Waals surface area (Å²) in [6.45, 7) is 8.92. The lowest BCUT2D eigenvalue weighted by Crippen LogP contribution is -2.51. The molecule has 0 aromatic carbocycles. The predicted octanol–water partition coefficient (Wildman–Crippen LogP) is 1.43. The predicted molar refractivity (Wildman–Crippen MR) is 65.4 cm³/mol. The van der Waals surface area contributed by atoms with Gasteiger partial charge in [0.05, 0.1) is 11.7 Å². The average molecular weight is 222 g/mol. The summed E-state index contributed by atoms with van der Waals surface area (Å²) in [5.74, 6) is 0. The van der Waals surface area contributed by atoms with E-state index in [1.165, 1.54) is 5.69 Å². The molecule has 16 heavy (non-hydrogen) atoms. The highest BCUT2D eigenvalue weighted by molar-refractivity contribution is 5.08. The van der Waals surface area contributed by atoms with E-state index >= 15 is 0 Å². The molecule has 0 spiro atoms. The van der Waals surface area contributed by atoms with Crippen LogP contribution in [0.1, 0.15) is 38.5 Å². The van der Waals surface area contributed by atoms with E-state index in [9.17, 15) is 0 Å². The topological polar surface area (TPSA) is 33.1 Å². The van der Waals surface area contributed by atoms with Gasteiger partial charge in [-0.15, -0.1) is 0 Å². The van der Waals surface area contributed by atoms with Crippen LogP contribution in [0.5, 0.6) is 0 Å². The maximum atomic E-state index is 4.45. The highest BCUT2D eigenvalue weighted by Gasteiger charge is 2.31. The number of hydrogen-bond donors (Lipinski definition) is 1. The minimum Gasteiger partial charge on any atom is -0.312 e. The summed E-state index contributed by atoms with van der Waals surface area (Å²) in [6.07, 6.45) is 1.90. The van der Waals surface area contributed by atoms with E-state index in [0.29, 0.717) is 18.1 Å². The molecule has 4 nitrogen and oxygen atoms in total. The number of aromatic nitrogens is 2. The van der Waals surface area contributed by atoms with E-state index in [0.717, 1.165) is 13.1 Å². The molecule has 0 saturated carbocycles. The Labute approximate surface area is 97.6 Å². The minimum absolute atomic E-state index is 0.371. The molecule has 90 valence electrons. The number of nitrogens with one attached hydrogen (secondary N) is 1. The zero-order valence-electron chi connectivity index (χ0n) is 10.6. The molecule has 4 heteroatoms. The molecule has 0 aliphatic carbocycles. The van der Waals surface area contributed by atoms with Crippen molar-refractivity contribution in [3.8, 4) is 0 Å². The molecule has 1 fully saturated rings. The van der Waals surface area contributed by atoms with Crippen molar-refractivity contribution in [2.75, 3.05) is 20.1 Å². The van der Waals surface area contributed by atoms with Crippen LogP contribution in [0.2, 0.25) is 0 Å². The van der Waals surface area contributed by atoms with E-state index in [2.05, 4.69) is 46.8 Å². The Kier molecular flexibility index (Phi) is 3.30. The summed E-state index contributed by atoms with van der Waals surface area (Å²) in [5.41, 5.74) is 1.29. The van der Waals surface area contributed by atoms with Gasteiger partial charge in [-0.05, 0) is 33.9 Å². The lowest BCUT2D eigenvalue weighted by molar-refractivity contribution is 0.0650. The molecule has 1 unspecified atom stereocenters. The molecular formula is C12H22N4. The molecule has 1 aromatic heterocycles. The minimum atomic E-state index is 0.371. The van der Waals surface area contributed by atoms with Crippen LogP contribution in [0.4, 0.5) is 0 Å². The van der Waals surface area contributed by atoms with Crippen LogP contribution in [-0.2, 0) is 0 Å². The van der Waals surface area contributed by atoms with Crippen molar-refractivity contribution in [1.82, 2.24) is 20.0 Å². The molecule has 1 aliphatic heterocycles. The summed E-state index contributed by atoms with van der Waals surface area (Å²) < 4.78 is 2.18. The van der Waals surface area contributed by atoms with E-state index in [4.69, 9.17) is 0 Å². The lowest BCUT2D eigenvalue weighted by Gasteiger charge is -2.42. The second kappa shape index (κ2) is 4.55. The van der Waals surface area contributed by atoms with E-state index in [-0.39, 0.29) is 0 Å². The standard InChI is InChI=1S/C12H22N4/c1-9(2)15-7-11(8-15)16-12(5-6-14-16)10(3)13-4/h5-6,9-11,13H,7-8H2,1-4H3. The molecule has 1 aromatic rings. The Balaban J connectivity index is 2.04. The summed E-state index contributed by atoms with van der Waals surface area (Å²) in [7, 11) is 1.99. The van der Waals surface area contributed by atoms with Crippen molar-refractivity contribution < 1.29 is 0 Å². The maximum Gasteiger partial charge on any atom is 0.0776 e. The van der Waals surface area contributed by atoms with Gasteiger partial charge < -0.3 is 5.32 Å². The number of rotatable bonds is 4. The van der Waals surface area contributed by atoms with E-state index in [1.54, 1.807) is 0 Å². The molecule has 1 saturated heterocycles. The summed E-state index contributed by atoms with van der Waals surface area (Å²) in [6, 6.07) is 3.69. The van der Waals surface area contributed by atoms with Gasteiger partial charge in [0, 0.05) is 31.4 Å². The third-order valence-electron chi connectivity index (χ3n) is 3.54. The first-order valence-electron chi connectivity index (χ1n) is 6.08. The quantitative estimate of drug-likeness (QED) is 0.836. The second-order valence-electron chi connectivity index (χ2n) is 4.91. The molecular weight excluding hydrogens is 200 g/mol. The van der Waals surface area contributed by atoms with Crippen LogP contribution in [0.3, 0.4) is 0 Å². The summed E-state index contributed by atoms with van der Waals surface area (Å²) >= 11 is 0. The highest BCUT2D eigenvalue weighted by Crippen LogP contribution is 2.25. The Bertz CT molecular complexity index is 339. The monoisotopic (exact) mass is 222 g/mol. The van der Waals surface area contributed by atoms with Crippen LogP contribution >= 0.6 is 0 Å². The fraction of sp³-hybridized carbons (Fsp3) is 0.750. The molecule has 1 aliphatic rings. The first-order chi connectivity index (χ1) is 7.63. The van der Waals surface area contributed by atoms with Crippen LogP contribution in [0.25, 0.3) is 0 Å². The Morgan fingerprint density at radius 3 is 2.62 bits per heavy atom. The molecule has 0 bridgehead atoms. The maximum absolute atomic E-state index is 4.45.